The molecule has 10 nitrogen and oxygen atoms in total. The molecule has 12 heteroatoms. The number of benzene rings is 2. The lowest BCUT2D eigenvalue weighted by Gasteiger charge is -2.25. The van der Waals surface area contributed by atoms with Crippen LogP contribution in [0, 0.1) is 0 Å². The zero-order valence-electron chi connectivity index (χ0n) is 21.0. The zero-order chi connectivity index (χ0) is 26.9. The van der Waals surface area contributed by atoms with E-state index in [-0.39, 0.29) is 13.0 Å². The summed E-state index contributed by atoms with van der Waals surface area (Å²) < 4.78 is 10.3. The van der Waals surface area contributed by atoms with E-state index in [2.05, 4.69) is 10.6 Å². The topological polar surface area (TPSA) is 158 Å². The van der Waals surface area contributed by atoms with Crippen molar-refractivity contribution in [3.8, 4) is 0 Å². The maximum atomic E-state index is 12.5. The van der Waals surface area contributed by atoms with Crippen LogP contribution in [0.4, 0.5) is 4.79 Å². The van der Waals surface area contributed by atoms with Crippen LogP contribution in [0.25, 0.3) is 0 Å². The van der Waals surface area contributed by atoms with E-state index in [0.717, 1.165) is 11.1 Å². The number of alkyl carbamates (subject to hydrolysis) is 1. The van der Waals surface area contributed by atoms with Gasteiger partial charge in [0.2, 0.25) is 0 Å². The first-order valence-corrected chi connectivity index (χ1v) is 11.6. The Morgan fingerprint density at radius 1 is 0.861 bits per heavy atom. The van der Waals surface area contributed by atoms with E-state index in [9.17, 15) is 29.7 Å². The lowest BCUT2D eigenvalue weighted by molar-refractivity contribution is -0.143. The number of carbonyl (C=O) groups is 2. The van der Waals surface area contributed by atoms with E-state index in [1.165, 1.54) is 7.11 Å². The quantitative estimate of drug-likeness (QED) is 0.166. The molecule has 0 radical (unpaired) electrons. The molecular weight excluding hydrogens is 466 g/mol. The Kier molecular flexibility index (Phi) is 10.9. The Bertz CT molecular complexity index is 979. The number of amides is 1. The molecule has 36 heavy (non-hydrogen) atoms. The summed E-state index contributed by atoms with van der Waals surface area (Å²) in [6, 6.07) is 12.0. The first-order chi connectivity index (χ1) is 16.9. The van der Waals surface area contributed by atoms with Gasteiger partial charge >= 0.3 is 26.3 Å². The van der Waals surface area contributed by atoms with Gasteiger partial charge in [0.05, 0.1) is 7.11 Å². The Balaban J connectivity index is 2.15. The summed E-state index contributed by atoms with van der Waals surface area (Å²) in [6.07, 6.45) is 0.0475. The van der Waals surface area contributed by atoms with Crippen LogP contribution in [0.1, 0.15) is 31.9 Å². The van der Waals surface area contributed by atoms with Crippen molar-refractivity contribution in [1.29, 1.82) is 0 Å². The summed E-state index contributed by atoms with van der Waals surface area (Å²) in [5.41, 5.74) is 1.60. The molecule has 0 heterocycles. The summed E-state index contributed by atoms with van der Waals surface area (Å²) in [4.78, 5) is 24.9. The Labute approximate surface area is 211 Å². The predicted molar refractivity (Wildman–Crippen MR) is 137 cm³/mol. The fourth-order valence-corrected chi connectivity index (χ4v) is 3.49. The van der Waals surface area contributed by atoms with Crippen molar-refractivity contribution in [1.82, 2.24) is 10.6 Å². The molecule has 0 fully saturated rings. The molecule has 2 rings (SSSR count). The number of hydrogen-bond acceptors (Lipinski definition) is 9. The highest BCUT2D eigenvalue weighted by atomic mass is 16.6. The number of carbonyl (C=O) groups excluding carboxylic acids is 2. The zero-order valence-corrected chi connectivity index (χ0v) is 21.0. The van der Waals surface area contributed by atoms with Crippen LogP contribution in [0.15, 0.2) is 48.5 Å². The van der Waals surface area contributed by atoms with Crippen molar-refractivity contribution in [3.05, 3.63) is 59.7 Å². The van der Waals surface area contributed by atoms with Gasteiger partial charge in [0.25, 0.3) is 0 Å². The second-order valence-electron chi connectivity index (χ2n) is 9.47. The molecule has 2 aromatic carbocycles. The molecule has 2 aromatic rings. The smallest absolute Gasteiger partial charge is 0.468 e. The van der Waals surface area contributed by atoms with Gasteiger partial charge in [-0.25, -0.2) is 4.79 Å². The van der Waals surface area contributed by atoms with Crippen molar-refractivity contribution < 1.29 is 39.2 Å². The fourth-order valence-electron chi connectivity index (χ4n) is 3.49. The number of rotatable bonds is 11. The molecule has 0 saturated carbocycles. The van der Waals surface area contributed by atoms with E-state index in [4.69, 9.17) is 9.47 Å². The molecule has 0 saturated heterocycles. The molecule has 0 unspecified atom stereocenters. The highest BCUT2D eigenvalue weighted by Crippen LogP contribution is 2.09. The molecule has 0 aliphatic heterocycles. The number of methoxy groups -OCH3 is 1. The van der Waals surface area contributed by atoms with Crippen molar-refractivity contribution >= 4 is 37.2 Å². The molecule has 0 aromatic heterocycles. The number of ether oxygens (including phenoxy) is 2. The molecule has 194 valence electrons. The van der Waals surface area contributed by atoms with Crippen molar-refractivity contribution in [2.75, 3.05) is 13.7 Å². The second-order valence-corrected chi connectivity index (χ2v) is 9.47. The van der Waals surface area contributed by atoms with Crippen LogP contribution in [0.5, 0.6) is 0 Å². The SMILES string of the molecule is COC(=O)[C@H](Cc1ccc(B(O)O)cc1)NC[C@H](Cc1ccc(B(O)O)cc1)NC(=O)OC(C)(C)C. The Hall–Kier alpha value is -2.89. The van der Waals surface area contributed by atoms with Crippen LogP contribution in [0.2, 0.25) is 0 Å². The lowest BCUT2D eigenvalue weighted by Crippen LogP contribution is -2.50. The predicted octanol–water partition coefficient (Wildman–Crippen LogP) is -1.14. The van der Waals surface area contributed by atoms with Gasteiger partial charge < -0.3 is 40.2 Å². The first kappa shape index (κ1) is 29.3. The first-order valence-electron chi connectivity index (χ1n) is 11.6. The lowest BCUT2D eigenvalue weighted by atomic mass is 9.80. The molecule has 0 aliphatic carbocycles. The molecular formula is C24H34B2N2O8. The minimum Gasteiger partial charge on any atom is -0.468 e. The maximum Gasteiger partial charge on any atom is 0.488 e. The summed E-state index contributed by atoms with van der Waals surface area (Å²) in [5, 5.41) is 43.1. The summed E-state index contributed by atoms with van der Waals surface area (Å²) >= 11 is 0. The van der Waals surface area contributed by atoms with E-state index >= 15 is 0 Å². The van der Waals surface area contributed by atoms with Gasteiger partial charge in [-0.1, -0.05) is 48.5 Å². The average Bonchev–Trinajstić information content (AvgIpc) is 2.80. The van der Waals surface area contributed by atoms with Gasteiger partial charge in [-0.15, -0.1) is 0 Å². The minimum absolute atomic E-state index is 0.205. The average molecular weight is 500 g/mol. The van der Waals surface area contributed by atoms with Crippen LogP contribution < -0.4 is 21.6 Å². The molecule has 0 spiro atoms. The van der Waals surface area contributed by atoms with Crippen molar-refractivity contribution in [2.24, 2.45) is 0 Å². The fraction of sp³-hybridized carbons (Fsp3) is 0.417. The van der Waals surface area contributed by atoms with Crippen LogP contribution in [-0.4, -0.2) is 77.7 Å². The maximum absolute atomic E-state index is 12.5. The van der Waals surface area contributed by atoms with Gasteiger partial charge in [-0.3, -0.25) is 4.79 Å². The highest BCUT2D eigenvalue weighted by Gasteiger charge is 2.24. The minimum atomic E-state index is -1.58. The van der Waals surface area contributed by atoms with Gasteiger partial charge in [0.1, 0.15) is 11.6 Å². The summed E-state index contributed by atoms with van der Waals surface area (Å²) in [6.45, 7) is 5.48. The van der Waals surface area contributed by atoms with Gasteiger partial charge in [0.15, 0.2) is 0 Å². The molecule has 0 bridgehead atoms. The van der Waals surface area contributed by atoms with Gasteiger partial charge in [-0.05, 0) is 55.7 Å². The van der Waals surface area contributed by atoms with E-state index in [1.54, 1.807) is 69.3 Å². The number of esters is 1. The largest absolute Gasteiger partial charge is 0.488 e. The second kappa shape index (κ2) is 13.4. The van der Waals surface area contributed by atoms with Gasteiger partial charge in [-0.2, -0.15) is 0 Å². The van der Waals surface area contributed by atoms with Crippen LogP contribution in [-0.2, 0) is 27.1 Å². The standard InChI is InChI=1S/C24H34B2N2O8/c1-24(2,3)36-23(30)28-20(13-16-5-9-18(10-6-16)25(31)32)15-27-21(22(29)35-4)14-17-7-11-19(12-8-17)26(33)34/h5-12,20-21,27,31-34H,13-15H2,1-4H3,(H,28,30)/t20-,21-/m0/s1. The van der Waals surface area contributed by atoms with Crippen molar-refractivity contribution in [3.63, 3.8) is 0 Å². The van der Waals surface area contributed by atoms with E-state index in [0.29, 0.717) is 17.3 Å². The van der Waals surface area contributed by atoms with Crippen LogP contribution in [0.3, 0.4) is 0 Å². The van der Waals surface area contributed by atoms with E-state index < -0.39 is 44.0 Å². The number of nitrogens with one attached hydrogen (secondary N) is 2. The molecule has 1 amide bonds. The molecule has 2 atom stereocenters. The third-order valence-corrected chi connectivity index (χ3v) is 5.29. The highest BCUT2D eigenvalue weighted by molar-refractivity contribution is 6.58. The van der Waals surface area contributed by atoms with Gasteiger partial charge in [0, 0.05) is 12.6 Å². The Morgan fingerprint density at radius 3 is 1.75 bits per heavy atom. The van der Waals surface area contributed by atoms with E-state index in [1.807, 2.05) is 0 Å². The molecule has 6 N–H and O–H groups in total. The molecule has 0 aliphatic rings. The third kappa shape index (κ3) is 10.00. The van der Waals surface area contributed by atoms with Crippen LogP contribution >= 0.6 is 0 Å². The monoisotopic (exact) mass is 500 g/mol. The third-order valence-electron chi connectivity index (χ3n) is 5.29. The summed E-state index contributed by atoms with van der Waals surface area (Å²) in [5.74, 6) is -0.487. The Morgan fingerprint density at radius 2 is 1.33 bits per heavy atom. The van der Waals surface area contributed by atoms with Crippen molar-refractivity contribution in [2.45, 2.75) is 51.3 Å². The number of hydrogen-bond donors (Lipinski definition) is 6. The normalized spacial score (nSPS) is 12.9. The summed E-state index contributed by atoms with van der Waals surface area (Å²) in [7, 11) is -1.87.